The van der Waals surface area contributed by atoms with Gasteiger partial charge in [0.25, 0.3) is 0 Å². The molecule has 0 aliphatic rings. The average Bonchev–Trinajstić information content (AvgIpc) is 2.83. The van der Waals surface area contributed by atoms with Crippen molar-refractivity contribution < 1.29 is 0 Å². The Hall–Kier alpha value is -1.13. The second-order valence-corrected chi connectivity index (χ2v) is 5.06. The van der Waals surface area contributed by atoms with Gasteiger partial charge in [-0.25, -0.2) is 0 Å². The van der Waals surface area contributed by atoms with Gasteiger partial charge in [0.2, 0.25) is 0 Å². The van der Waals surface area contributed by atoms with Crippen molar-refractivity contribution in [1.82, 2.24) is 9.78 Å². The van der Waals surface area contributed by atoms with Gasteiger partial charge < -0.3 is 5.73 Å². The van der Waals surface area contributed by atoms with Crippen molar-refractivity contribution in [2.24, 2.45) is 5.73 Å². The van der Waals surface area contributed by atoms with Gasteiger partial charge in [-0.15, -0.1) is 11.3 Å². The van der Waals surface area contributed by atoms with Crippen LogP contribution in [0.3, 0.4) is 0 Å². The molecule has 0 saturated heterocycles. The number of thiophene rings is 1. The van der Waals surface area contributed by atoms with Gasteiger partial charge >= 0.3 is 0 Å². The summed E-state index contributed by atoms with van der Waals surface area (Å²) in [5.41, 5.74) is 9.63. The molecule has 3 nitrogen and oxygen atoms in total. The molecular formula is C12H17N3S. The highest BCUT2D eigenvalue weighted by Gasteiger charge is 2.17. The standard InChI is InChI=1S/C12H17N3S/c1-4-15-11(7-8(2)14-15)12(13)10-5-6-16-9(10)3/h5-7,12H,4,13H2,1-3H3. The molecular weight excluding hydrogens is 218 g/mol. The van der Waals surface area contributed by atoms with Crippen LogP contribution < -0.4 is 5.73 Å². The molecule has 1 unspecified atom stereocenters. The molecule has 2 heterocycles. The lowest BCUT2D eigenvalue weighted by molar-refractivity contribution is 0.597. The van der Waals surface area contributed by atoms with Crippen LogP contribution in [-0.4, -0.2) is 9.78 Å². The molecule has 4 heteroatoms. The average molecular weight is 235 g/mol. The fourth-order valence-electron chi connectivity index (χ4n) is 1.95. The number of aromatic nitrogens is 2. The maximum atomic E-state index is 6.30. The molecule has 1 atom stereocenters. The third-order valence-corrected chi connectivity index (χ3v) is 3.65. The summed E-state index contributed by atoms with van der Waals surface area (Å²) in [4.78, 5) is 1.29. The predicted molar refractivity (Wildman–Crippen MR) is 67.7 cm³/mol. The van der Waals surface area contributed by atoms with Gasteiger partial charge in [-0.3, -0.25) is 4.68 Å². The van der Waals surface area contributed by atoms with Crippen LogP contribution in [0.25, 0.3) is 0 Å². The third kappa shape index (κ3) is 1.90. The summed E-state index contributed by atoms with van der Waals surface area (Å²) in [6, 6.07) is 4.12. The molecule has 0 aromatic carbocycles. The second kappa shape index (κ2) is 4.39. The highest BCUT2D eigenvalue weighted by molar-refractivity contribution is 7.10. The second-order valence-electron chi connectivity index (χ2n) is 3.94. The van der Waals surface area contributed by atoms with Crippen LogP contribution in [0, 0.1) is 13.8 Å². The van der Waals surface area contributed by atoms with E-state index in [2.05, 4.69) is 36.5 Å². The fourth-order valence-corrected chi connectivity index (χ4v) is 2.70. The fraction of sp³-hybridized carbons (Fsp3) is 0.417. The lowest BCUT2D eigenvalue weighted by atomic mass is 10.1. The first kappa shape index (κ1) is 11.4. The molecule has 2 rings (SSSR count). The minimum atomic E-state index is -0.0626. The van der Waals surface area contributed by atoms with Crippen LogP contribution in [0.5, 0.6) is 0 Å². The molecule has 2 aromatic rings. The van der Waals surface area contributed by atoms with E-state index in [0.29, 0.717) is 0 Å². The van der Waals surface area contributed by atoms with E-state index in [1.54, 1.807) is 11.3 Å². The normalized spacial score (nSPS) is 13.0. The topological polar surface area (TPSA) is 43.8 Å². The minimum Gasteiger partial charge on any atom is -0.319 e. The lowest BCUT2D eigenvalue weighted by Gasteiger charge is -2.13. The minimum absolute atomic E-state index is 0.0626. The van der Waals surface area contributed by atoms with Gasteiger partial charge in [-0.05, 0) is 43.8 Å². The quantitative estimate of drug-likeness (QED) is 0.888. The number of rotatable bonds is 3. The van der Waals surface area contributed by atoms with E-state index >= 15 is 0 Å². The van der Waals surface area contributed by atoms with Gasteiger partial charge in [0.05, 0.1) is 17.4 Å². The molecule has 86 valence electrons. The van der Waals surface area contributed by atoms with Crippen LogP contribution in [0.1, 0.15) is 34.8 Å². The van der Waals surface area contributed by atoms with E-state index in [4.69, 9.17) is 5.73 Å². The molecule has 2 N–H and O–H groups in total. The van der Waals surface area contributed by atoms with Crippen molar-refractivity contribution in [3.05, 3.63) is 39.3 Å². The first-order valence-corrected chi connectivity index (χ1v) is 6.35. The number of hydrogen-bond acceptors (Lipinski definition) is 3. The monoisotopic (exact) mass is 235 g/mol. The van der Waals surface area contributed by atoms with Gasteiger partial charge in [0.1, 0.15) is 0 Å². The summed E-state index contributed by atoms with van der Waals surface area (Å²) < 4.78 is 1.98. The zero-order valence-electron chi connectivity index (χ0n) is 9.90. The van der Waals surface area contributed by atoms with E-state index in [0.717, 1.165) is 17.9 Å². The molecule has 16 heavy (non-hydrogen) atoms. The maximum absolute atomic E-state index is 6.30. The zero-order chi connectivity index (χ0) is 11.7. The Labute approximate surface area is 99.9 Å². The first-order chi connectivity index (χ1) is 7.63. The number of aryl methyl sites for hydroxylation is 3. The van der Waals surface area contributed by atoms with Gasteiger partial charge in [-0.1, -0.05) is 0 Å². The molecule has 0 amide bonds. The van der Waals surface area contributed by atoms with E-state index < -0.39 is 0 Å². The number of hydrogen-bond donors (Lipinski definition) is 1. The van der Waals surface area contributed by atoms with Crippen LogP contribution in [0.15, 0.2) is 17.5 Å². The summed E-state index contributed by atoms with van der Waals surface area (Å²) >= 11 is 1.74. The van der Waals surface area contributed by atoms with Gasteiger partial charge in [0, 0.05) is 11.4 Å². The molecule has 0 fully saturated rings. The molecule has 0 radical (unpaired) electrons. The summed E-state index contributed by atoms with van der Waals surface area (Å²) in [6.45, 7) is 7.06. The Morgan fingerprint density at radius 1 is 1.50 bits per heavy atom. The highest BCUT2D eigenvalue weighted by atomic mass is 32.1. The Morgan fingerprint density at radius 2 is 2.25 bits per heavy atom. The predicted octanol–water partition coefficient (Wildman–Crippen LogP) is 2.63. The SMILES string of the molecule is CCn1nc(C)cc1C(N)c1ccsc1C. The molecule has 0 aliphatic heterocycles. The van der Waals surface area contributed by atoms with E-state index in [1.807, 2.05) is 11.6 Å². The number of nitrogens with two attached hydrogens (primary N) is 1. The van der Waals surface area contributed by atoms with Gasteiger partial charge in [-0.2, -0.15) is 5.10 Å². The first-order valence-electron chi connectivity index (χ1n) is 5.47. The van der Waals surface area contributed by atoms with Crippen molar-refractivity contribution in [3.8, 4) is 0 Å². The van der Waals surface area contributed by atoms with Crippen molar-refractivity contribution in [2.45, 2.75) is 33.4 Å². The third-order valence-electron chi connectivity index (χ3n) is 2.79. The summed E-state index contributed by atoms with van der Waals surface area (Å²) in [5, 5.41) is 6.52. The Bertz CT molecular complexity index is 484. The van der Waals surface area contributed by atoms with Crippen molar-refractivity contribution in [1.29, 1.82) is 0 Å². The molecule has 0 bridgehead atoms. The van der Waals surface area contributed by atoms with E-state index in [-0.39, 0.29) is 6.04 Å². The molecule has 0 aliphatic carbocycles. The van der Waals surface area contributed by atoms with E-state index in [1.165, 1.54) is 10.4 Å². The largest absolute Gasteiger partial charge is 0.319 e. The molecule has 0 spiro atoms. The maximum Gasteiger partial charge on any atom is 0.0734 e. The van der Waals surface area contributed by atoms with Crippen molar-refractivity contribution >= 4 is 11.3 Å². The zero-order valence-corrected chi connectivity index (χ0v) is 10.7. The lowest BCUT2D eigenvalue weighted by Crippen LogP contribution is -2.17. The summed E-state index contributed by atoms with van der Waals surface area (Å²) in [5.74, 6) is 0. The molecule has 2 aromatic heterocycles. The van der Waals surface area contributed by atoms with Crippen LogP contribution in [0.2, 0.25) is 0 Å². The Balaban J connectivity index is 2.40. The van der Waals surface area contributed by atoms with Crippen LogP contribution >= 0.6 is 11.3 Å². The van der Waals surface area contributed by atoms with Crippen LogP contribution in [-0.2, 0) is 6.54 Å². The Morgan fingerprint density at radius 3 is 2.81 bits per heavy atom. The number of nitrogens with zero attached hydrogens (tertiary/aromatic N) is 2. The van der Waals surface area contributed by atoms with Crippen LogP contribution in [0.4, 0.5) is 0 Å². The van der Waals surface area contributed by atoms with Crippen molar-refractivity contribution in [2.75, 3.05) is 0 Å². The van der Waals surface area contributed by atoms with Crippen molar-refractivity contribution in [3.63, 3.8) is 0 Å². The van der Waals surface area contributed by atoms with Gasteiger partial charge in [0.15, 0.2) is 0 Å². The summed E-state index contributed by atoms with van der Waals surface area (Å²) in [6.07, 6.45) is 0. The Kier molecular flexibility index (Phi) is 3.12. The smallest absolute Gasteiger partial charge is 0.0734 e. The van der Waals surface area contributed by atoms with E-state index in [9.17, 15) is 0 Å². The summed E-state index contributed by atoms with van der Waals surface area (Å²) in [7, 11) is 0. The highest BCUT2D eigenvalue weighted by Crippen LogP contribution is 2.26. The molecule has 0 saturated carbocycles.